The van der Waals surface area contributed by atoms with E-state index in [2.05, 4.69) is 31.3 Å². The zero-order valence-electron chi connectivity index (χ0n) is 16.3. The molecule has 0 bridgehead atoms. The monoisotopic (exact) mass is 387 g/mol. The Labute approximate surface area is 165 Å². The molecule has 3 N–H and O–H groups in total. The summed E-state index contributed by atoms with van der Waals surface area (Å²) in [7, 11) is 0. The van der Waals surface area contributed by atoms with Crippen molar-refractivity contribution in [3.05, 3.63) is 51.5 Å². The summed E-state index contributed by atoms with van der Waals surface area (Å²) in [6.45, 7) is 8.86. The predicted molar refractivity (Wildman–Crippen MR) is 112 cm³/mol. The van der Waals surface area contributed by atoms with Gasteiger partial charge in [-0.15, -0.1) is 11.3 Å². The van der Waals surface area contributed by atoms with Crippen LogP contribution < -0.4 is 16.0 Å². The van der Waals surface area contributed by atoms with E-state index in [1.165, 1.54) is 0 Å². The number of aliphatic imine (C=N–C) groups is 1. The normalized spacial score (nSPS) is 11.3. The minimum absolute atomic E-state index is 0.0359. The molecule has 2 aromatic rings. The van der Waals surface area contributed by atoms with E-state index in [1.807, 2.05) is 45.0 Å². The Bertz CT molecular complexity index is 756. The Balaban J connectivity index is 1.92. The molecule has 0 aliphatic heterocycles. The Kier molecular flexibility index (Phi) is 8.77. The van der Waals surface area contributed by atoms with Crippen molar-refractivity contribution in [3.8, 4) is 0 Å². The molecule has 0 radical (unpaired) electrons. The van der Waals surface area contributed by atoms with Gasteiger partial charge in [-0.3, -0.25) is 4.79 Å². The van der Waals surface area contributed by atoms with Gasteiger partial charge in [-0.1, -0.05) is 19.1 Å². The molecule has 2 rings (SSSR count). The van der Waals surface area contributed by atoms with Crippen LogP contribution >= 0.6 is 11.3 Å². The maximum atomic E-state index is 12.1. The number of carbonyl (C=O) groups is 1. The Morgan fingerprint density at radius 3 is 2.74 bits per heavy atom. The van der Waals surface area contributed by atoms with E-state index in [-0.39, 0.29) is 5.91 Å². The van der Waals surface area contributed by atoms with Crippen molar-refractivity contribution < 1.29 is 4.79 Å². The lowest BCUT2D eigenvalue weighted by Crippen LogP contribution is -2.38. The molecular formula is C20H29N5OS. The molecule has 1 aromatic heterocycles. The van der Waals surface area contributed by atoms with Crippen LogP contribution in [0.2, 0.25) is 0 Å². The van der Waals surface area contributed by atoms with Crippen molar-refractivity contribution in [2.75, 3.05) is 19.6 Å². The molecule has 0 fully saturated rings. The lowest BCUT2D eigenvalue weighted by molar-refractivity contribution is 0.0953. The fraction of sp³-hybridized carbons (Fsp3) is 0.450. The minimum atomic E-state index is -0.0359. The second-order valence-corrected chi connectivity index (χ2v) is 7.25. The summed E-state index contributed by atoms with van der Waals surface area (Å²) in [5.41, 5.74) is 2.78. The standard InChI is InChI=1S/C20H29N5OS/c1-4-10-22-19(26)17-8-6-7-16(12-17)13-24-20(21-5-2)23-11-9-18-14-27-15(3)25-18/h6-8,12,14H,4-5,9-11,13H2,1-3H3,(H,22,26)(H2,21,23,24). The number of hydrogen-bond donors (Lipinski definition) is 3. The van der Waals surface area contributed by atoms with E-state index in [0.717, 1.165) is 48.2 Å². The molecule has 0 aliphatic carbocycles. The highest BCUT2D eigenvalue weighted by Crippen LogP contribution is 2.08. The number of guanidine groups is 1. The molecule has 0 spiro atoms. The second kappa shape index (κ2) is 11.3. The summed E-state index contributed by atoms with van der Waals surface area (Å²) < 4.78 is 0. The van der Waals surface area contributed by atoms with Crippen LogP contribution in [0.5, 0.6) is 0 Å². The van der Waals surface area contributed by atoms with Gasteiger partial charge in [0.25, 0.3) is 5.91 Å². The topological polar surface area (TPSA) is 78.4 Å². The van der Waals surface area contributed by atoms with Gasteiger partial charge < -0.3 is 16.0 Å². The maximum Gasteiger partial charge on any atom is 0.251 e. The molecule has 1 heterocycles. The smallest absolute Gasteiger partial charge is 0.251 e. The number of amides is 1. The van der Waals surface area contributed by atoms with Crippen molar-refractivity contribution in [3.63, 3.8) is 0 Å². The molecule has 146 valence electrons. The first-order valence-electron chi connectivity index (χ1n) is 9.42. The van der Waals surface area contributed by atoms with Crippen LogP contribution in [0.1, 0.15) is 46.9 Å². The SMILES string of the molecule is CCCNC(=O)c1cccc(CN=C(NCC)NCCc2csc(C)n2)c1. The molecule has 1 aromatic carbocycles. The highest BCUT2D eigenvalue weighted by molar-refractivity contribution is 7.09. The molecule has 0 saturated carbocycles. The van der Waals surface area contributed by atoms with Crippen LogP contribution in [0.15, 0.2) is 34.6 Å². The predicted octanol–water partition coefficient (Wildman–Crippen LogP) is 2.89. The zero-order valence-corrected chi connectivity index (χ0v) is 17.2. The third-order valence-corrected chi connectivity index (χ3v) is 4.65. The van der Waals surface area contributed by atoms with E-state index in [0.29, 0.717) is 18.7 Å². The lowest BCUT2D eigenvalue weighted by Gasteiger charge is -2.11. The highest BCUT2D eigenvalue weighted by atomic mass is 32.1. The first-order chi connectivity index (χ1) is 13.1. The highest BCUT2D eigenvalue weighted by Gasteiger charge is 2.05. The number of nitrogens with zero attached hydrogens (tertiary/aromatic N) is 2. The number of aryl methyl sites for hydroxylation is 1. The number of benzene rings is 1. The van der Waals surface area contributed by atoms with E-state index in [9.17, 15) is 4.79 Å². The molecule has 27 heavy (non-hydrogen) atoms. The van der Waals surface area contributed by atoms with E-state index in [4.69, 9.17) is 0 Å². The number of aromatic nitrogens is 1. The first kappa shape index (κ1) is 20.9. The average molecular weight is 388 g/mol. The first-order valence-corrected chi connectivity index (χ1v) is 10.3. The third kappa shape index (κ3) is 7.38. The van der Waals surface area contributed by atoms with Gasteiger partial charge >= 0.3 is 0 Å². The number of hydrogen-bond acceptors (Lipinski definition) is 4. The minimum Gasteiger partial charge on any atom is -0.357 e. The number of carbonyl (C=O) groups excluding carboxylic acids is 1. The quantitative estimate of drug-likeness (QED) is 0.457. The van der Waals surface area contributed by atoms with Crippen LogP contribution in [0.3, 0.4) is 0 Å². The maximum absolute atomic E-state index is 12.1. The molecule has 0 atom stereocenters. The summed E-state index contributed by atoms with van der Waals surface area (Å²) in [6.07, 6.45) is 1.79. The molecular weight excluding hydrogens is 358 g/mol. The molecule has 7 heteroatoms. The third-order valence-electron chi connectivity index (χ3n) is 3.83. The Hall–Kier alpha value is -2.41. The fourth-order valence-electron chi connectivity index (χ4n) is 2.50. The molecule has 1 amide bonds. The summed E-state index contributed by atoms with van der Waals surface area (Å²) in [4.78, 5) is 21.2. The van der Waals surface area contributed by atoms with Crippen LogP contribution in [-0.4, -0.2) is 36.5 Å². The summed E-state index contributed by atoms with van der Waals surface area (Å²) >= 11 is 1.67. The van der Waals surface area contributed by atoms with Gasteiger partial charge in [0.1, 0.15) is 0 Å². The summed E-state index contributed by atoms with van der Waals surface area (Å²) in [6, 6.07) is 7.62. The van der Waals surface area contributed by atoms with Crippen molar-refractivity contribution in [1.29, 1.82) is 0 Å². The summed E-state index contributed by atoms with van der Waals surface area (Å²) in [5, 5.41) is 12.7. The van der Waals surface area contributed by atoms with Crippen molar-refractivity contribution in [2.24, 2.45) is 4.99 Å². The Morgan fingerprint density at radius 1 is 1.19 bits per heavy atom. The zero-order chi connectivity index (χ0) is 19.5. The second-order valence-electron chi connectivity index (χ2n) is 6.19. The largest absolute Gasteiger partial charge is 0.357 e. The van der Waals surface area contributed by atoms with Gasteiger partial charge in [0.05, 0.1) is 17.2 Å². The van der Waals surface area contributed by atoms with Crippen LogP contribution in [0, 0.1) is 6.92 Å². The van der Waals surface area contributed by atoms with Crippen LogP contribution in [0.25, 0.3) is 0 Å². The van der Waals surface area contributed by atoms with E-state index in [1.54, 1.807) is 11.3 Å². The van der Waals surface area contributed by atoms with Gasteiger partial charge in [0.15, 0.2) is 5.96 Å². The van der Waals surface area contributed by atoms with Crippen molar-refractivity contribution in [1.82, 2.24) is 20.9 Å². The molecule has 0 unspecified atom stereocenters. The van der Waals surface area contributed by atoms with Crippen molar-refractivity contribution >= 4 is 23.2 Å². The fourth-order valence-corrected chi connectivity index (χ4v) is 3.14. The van der Waals surface area contributed by atoms with Gasteiger partial charge in [-0.25, -0.2) is 9.98 Å². The number of nitrogens with one attached hydrogen (secondary N) is 3. The van der Waals surface area contributed by atoms with Crippen LogP contribution in [-0.2, 0) is 13.0 Å². The molecule has 0 saturated heterocycles. The van der Waals surface area contributed by atoms with Gasteiger partial charge in [-0.05, 0) is 38.0 Å². The van der Waals surface area contributed by atoms with Crippen LogP contribution in [0.4, 0.5) is 0 Å². The Morgan fingerprint density at radius 2 is 2.04 bits per heavy atom. The lowest BCUT2D eigenvalue weighted by atomic mass is 10.1. The number of rotatable bonds is 9. The van der Waals surface area contributed by atoms with Crippen molar-refractivity contribution in [2.45, 2.75) is 40.2 Å². The van der Waals surface area contributed by atoms with Gasteiger partial charge in [0, 0.05) is 37.0 Å². The summed E-state index contributed by atoms with van der Waals surface area (Å²) in [5.74, 6) is 0.733. The van der Waals surface area contributed by atoms with Gasteiger partial charge in [-0.2, -0.15) is 0 Å². The molecule has 6 nitrogen and oxygen atoms in total. The number of thiazole rings is 1. The van der Waals surface area contributed by atoms with E-state index < -0.39 is 0 Å². The molecule has 0 aliphatic rings. The van der Waals surface area contributed by atoms with Gasteiger partial charge in [0.2, 0.25) is 0 Å². The average Bonchev–Trinajstić information content (AvgIpc) is 3.09. The van der Waals surface area contributed by atoms with E-state index >= 15 is 0 Å².